The van der Waals surface area contributed by atoms with Gasteiger partial charge in [0.05, 0.1) is 6.10 Å². The third-order valence-electron chi connectivity index (χ3n) is 2.86. The van der Waals surface area contributed by atoms with Gasteiger partial charge in [0.25, 0.3) is 0 Å². The van der Waals surface area contributed by atoms with Crippen LogP contribution in [-0.4, -0.2) is 29.8 Å². The Balaban J connectivity index is 2.08. The minimum absolute atomic E-state index is 0.202. The van der Waals surface area contributed by atoms with E-state index in [9.17, 15) is 5.11 Å². The summed E-state index contributed by atoms with van der Waals surface area (Å²) in [6, 6.07) is 0.904. The van der Waals surface area contributed by atoms with Crippen molar-refractivity contribution in [2.75, 3.05) is 6.54 Å². The number of hydrogen-bond acceptors (Lipinski definition) is 3. The molecule has 0 aromatic carbocycles. The van der Waals surface area contributed by atoms with Crippen LogP contribution in [0.25, 0.3) is 0 Å². The van der Waals surface area contributed by atoms with Crippen molar-refractivity contribution in [3.8, 4) is 0 Å². The van der Waals surface area contributed by atoms with Crippen molar-refractivity contribution in [1.82, 2.24) is 5.32 Å². The highest BCUT2D eigenvalue weighted by Crippen LogP contribution is 2.17. The smallest absolute Gasteiger partial charge is 0.0667 e. The second-order valence-electron chi connectivity index (χ2n) is 4.96. The largest absolute Gasteiger partial charge is 0.392 e. The summed E-state index contributed by atoms with van der Waals surface area (Å²) in [6.07, 6.45) is 4.03. The molecule has 0 aromatic rings. The van der Waals surface area contributed by atoms with Crippen LogP contribution >= 0.6 is 0 Å². The van der Waals surface area contributed by atoms with E-state index in [4.69, 9.17) is 5.73 Å². The van der Waals surface area contributed by atoms with Gasteiger partial charge in [-0.05, 0) is 31.6 Å². The molecule has 0 bridgehead atoms. The van der Waals surface area contributed by atoms with Crippen LogP contribution in [0.1, 0.15) is 39.5 Å². The molecule has 0 aliphatic heterocycles. The maximum Gasteiger partial charge on any atom is 0.0667 e. The first-order chi connectivity index (χ1) is 6.58. The summed E-state index contributed by atoms with van der Waals surface area (Å²) in [5.41, 5.74) is 5.81. The van der Waals surface area contributed by atoms with Gasteiger partial charge >= 0.3 is 0 Å². The Morgan fingerprint density at radius 3 is 2.64 bits per heavy atom. The average Bonchev–Trinajstić information content (AvgIpc) is 2.47. The summed E-state index contributed by atoms with van der Waals surface area (Å²) in [5.74, 6) is 0.567. The zero-order valence-corrected chi connectivity index (χ0v) is 9.37. The molecule has 4 N–H and O–H groups in total. The average molecular weight is 200 g/mol. The fourth-order valence-corrected chi connectivity index (χ4v) is 2.13. The van der Waals surface area contributed by atoms with Crippen LogP contribution in [0.5, 0.6) is 0 Å². The van der Waals surface area contributed by atoms with Gasteiger partial charge < -0.3 is 16.2 Å². The molecule has 1 aliphatic carbocycles. The second kappa shape index (κ2) is 5.69. The van der Waals surface area contributed by atoms with Crippen molar-refractivity contribution in [2.24, 2.45) is 11.7 Å². The summed E-state index contributed by atoms with van der Waals surface area (Å²) in [6.45, 7) is 4.99. The van der Waals surface area contributed by atoms with Crippen molar-refractivity contribution in [2.45, 2.75) is 57.7 Å². The Labute approximate surface area is 87.1 Å². The van der Waals surface area contributed by atoms with Crippen LogP contribution in [-0.2, 0) is 0 Å². The number of nitrogens with two attached hydrogens (primary N) is 1. The molecule has 1 rings (SSSR count). The van der Waals surface area contributed by atoms with E-state index in [0.717, 1.165) is 32.2 Å². The molecule has 14 heavy (non-hydrogen) atoms. The summed E-state index contributed by atoms with van der Waals surface area (Å²) in [5, 5.41) is 13.0. The standard InChI is InChI=1S/C11H24N2O/c1-8(2)5-11(14)7-13-10-4-3-9(12)6-10/h8-11,13-14H,3-7,12H2,1-2H3. The maximum absolute atomic E-state index is 9.65. The molecule has 3 nitrogen and oxygen atoms in total. The van der Waals surface area contributed by atoms with Crippen molar-refractivity contribution in [1.29, 1.82) is 0 Å². The Morgan fingerprint density at radius 1 is 1.43 bits per heavy atom. The van der Waals surface area contributed by atoms with Gasteiger partial charge in [-0.1, -0.05) is 13.8 Å². The first-order valence-corrected chi connectivity index (χ1v) is 5.75. The fraction of sp³-hybridized carbons (Fsp3) is 1.00. The lowest BCUT2D eigenvalue weighted by molar-refractivity contribution is 0.142. The first kappa shape index (κ1) is 12.0. The highest BCUT2D eigenvalue weighted by atomic mass is 16.3. The van der Waals surface area contributed by atoms with Crippen LogP contribution < -0.4 is 11.1 Å². The summed E-state index contributed by atoms with van der Waals surface area (Å²) >= 11 is 0. The van der Waals surface area contributed by atoms with E-state index in [0.29, 0.717) is 18.0 Å². The SMILES string of the molecule is CC(C)CC(O)CNC1CCC(N)C1. The number of nitrogens with one attached hydrogen (secondary N) is 1. The third kappa shape index (κ3) is 4.40. The summed E-state index contributed by atoms with van der Waals surface area (Å²) in [7, 11) is 0. The van der Waals surface area contributed by atoms with Gasteiger partial charge in [0.2, 0.25) is 0 Å². The molecule has 3 heteroatoms. The molecule has 3 atom stereocenters. The van der Waals surface area contributed by atoms with Crippen molar-refractivity contribution in [3.05, 3.63) is 0 Å². The first-order valence-electron chi connectivity index (χ1n) is 5.75. The molecule has 1 saturated carbocycles. The molecule has 1 fully saturated rings. The molecule has 1 aliphatic rings. The summed E-state index contributed by atoms with van der Waals surface area (Å²) < 4.78 is 0. The van der Waals surface area contributed by atoms with E-state index >= 15 is 0 Å². The topological polar surface area (TPSA) is 58.3 Å². The van der Waals surface area contributed by atoms with E-state index < -0.39 is 0 Å². The van der Waals surface area contributed by atoms with Crippen LogP contribution in [0.2, 0.25) is 0 Å². The van der Waals surface area contributed by atoms with Gasteiger partial charge in [-0.3, -0.25) is 0 Å². The van der Waals surface area contributed by atoms with E-state index in [1.807, 2.05) is 0 Å². The molecular weight excluding hydrogens is 176 g/mol. The fourth-order valence-electron chi connectivity index (χ4n) is 2.13. The van der Waals surface area contributed by atoms with E-state index in [-0.39, 0.29) is 6.10 Å². The van der Waals surface area contributed by atoms with Gasteiger partial charge in [-0.15, -0.1) is 0 Å². The van der Waals surface area contributed by atoms with Crippen LogP contribution in [0, 0.1) is 5.92 Å². The normalized spacial score (nSPS) is 29.8. The predicted molar refractivity (Wildman–Crippen MR) is 59.1 cm³/mol. The Morgan fingerprint density at radius 2 is 2.14 bits per heavy atom. The maximum atomic E-state index is 9.65. The molecule has 0 radical (unpaired) electrons. The highest BCUT2D eigenvalue weighted by molar-refractivity contribution is 4.83. The van der Waals surface area contributed by atoms with E-state index in [2.05, 4.69) is 19.2 Å². The third-order valence-corrected chi connectivity index (χ3v) is 2.86. The van der Waals surface area contributed by atoms with Gasteiger partial charge in [0, 0.05) is 18.6 Å². The lowest BCUT2D eigenvalue weighted by atomic mass is 10.1. The van der Waals surface area contributed by atoms with Gasteiger partial charge in [-0.25, -0.2) is 0 Å². The Bertz CT molecular complexity index is 161. The minimum Gasteiger partial charge on any atom is -0.392 e. The number of aliphatic hydroxyl groups is 1. The van der Waals surface area contributed by atoms with E-state index in [1.165, 1.54) is 0 Å². The van der Waals surface area contributed by atoms with Crippen molar-refractivity contribution >= 4 is 0 Å². The monoisotopic (exact) mass is 200 g/mol. The molecule has 84 valence electrons. The molecule has 3 unspecified atom stereocenters. The summed E-state index contributed by atoms with van der Waals surface area (Å²) in [4.78, 5) is 0. The zero-order valence-electron chi connectivity index (χ0n) is 9.37. The van der Waals surface area contributed by atoms with Crippen molar-refractivity contribution < 1.29 is 5.11 Å². The number of aliphatic hydroxyl groups excluding tert-OH is 1. The van der Waals surface area contributed by atoms with Gasteiger partial charge in [0.15, 0.2) is 0 Å². The number of rotatable bonds is 5. The Kier molecular flexibility index (Phi) is 4.85. The van der Waals surface area contributed by atoms with Crippen LogP contribution in [0.3, 0.4) is 0 Å². The lowest BCUT2D eigenvalue weighted by Gasteiger charge is -2.17. The molecule has 0 spiro atoms. The van der Waals surface area contributed by atoms with Crippen molar-refractivity contribution in [3.63, 3.8) is 0 Å². The van der Waals surface area contributed by atoms with E-state index in [1.54, 1.807) is 0 Å². The quantitative estimate of drug-likeness (QED) is 0.617. The van der Waals surface area contributed by atoms with Gasteiger partial charge in [0.1, 0.15) is 0 Å². The minimum atomic E-state index is -0.202. The predicted octanol–water partition coefficient (Wildman–Crippen LogP) is 0.863. The lowest BCUT2D eigenvalue weighted by Crippen LogP contribution is -2.35. The molecule has 0 saturated heterocycles. The molecule has 0 aromatic heterocycles. The molecule has 0 heterocycles. The Hall–Kier alpha value is -0.120. The molecular formula is C11H24N2O. The highest BCUT2D eigenvalue weighted by Gasteiger charge is 2.21. The van der Waals surface area contributed by atoms with Crippen LogP contribution in [0.4, 0.5) is 0 Å². The van der Waals surface area contributed by atoms with Crippen LogP contribution in [0.15, 0.2) is 0 Å². The second-order valence-corrected chi connectivity index (χ2v) is 4.96. The molecule has 0 amide bonds. The van der Waals surface area contributed by atoms with Gasteiger partial charge in [-0.2, -0.15) is 0 Å². The number of hydrogen-bond donors (Lipinski definition) is 3. The zero-order chi connectivity index (χ0) is 10.6.